The third kappa shape index (κ3) is 3.78. The zero-order chi connectivity index (χ0) is 16.0. The van der Waals surface area contributed by atoms with Crippen molar-refractivity contribution in [3.05, 3.63) is 29.8 Å². The molecule has 1 unspecified atom stereocenters. The topological polar surface area (TPSA) is 59.6 Å². The minimum Gasteiger partial charge on any atom is -0.494 e. The minimum absolute atomic E-state index is 0.0363. The van der Waals surface area contributed by atoms with Crippen LogP contribution < -0.4 is 15.4 Å². The molecule has 22 heavy (non-hydrogen) atoms. The second-order valence-electron chi connectivity index (χ2n) is 5.65. The molecule has 5 heteroatoms. The SMILES string of the molecule is CCOc1cccc(C(C)NC(=O)C2(OC)CCNCC2)c1. The smallest absolute Gasteiger partial charge is 0.252 e. The van der Waals surface area contributed by atoms with E-state index >= 15 is 0 Å². The molecule has 0 spiro atoms. The molecule has 0 aliphatic carbocycles. The number of ether oxygens (including phenoxy) is 2. The third-order valence-electron chi connectivity index (χ3n) is 4.23. The van der Waals surface area contributed by atoms with Gasteiger partial charge in [-0.3, -0.25) is 4.79 Å². The molecule has 1 aromatic rings. The van der Waals surface area contributed by atoms with E-state index in [-0.39, 0.29) is 11.9 Å². The first kappa shape index (κ1) is 16.8. The lowest BCUT2D eigenvalue weighted by Crippen LogP contribution is -2.54. The van der Waals surface area contributed by atoms with Gasteiger partial charge in [-0.2, -0.15) is 0 Å². The van der Waals surface area contributed by atoms with Gasteiger partial charge in [0.1, 0.15) is 11.4 Å². The molecule has 0 aromatic heterocycles. The van der Waals surface area contributed by atoms with Crippen LogP contribution in [0.2, 0.25) is 0 Å². The van der Waals surface area contributed by atoms with Crippen LogP contribution in [-0.4, -0.2) is 38.3 Å². The predicted molar refractivity (Wildman–Crippen MR) is 86.0 cm³/mol. The Balaban J connectivity index is 2.05. The molecule has 0 bridgehead atoms. The molecule has 1 aromatic carbocycles. The summed E-state index contributed by atoms with van der Waals surface area (Å²) in [6.07, 6.45) is 1.39. The van der Waals surface area contributed by atoms with Gasteiger partial charge in [0.2, 0.25) is 0 Å². The van der Waals surface area contributed by atoms with Crippen molar-refractivity contribution in [1.29, 1.82) is 0 Å². The average Bonchev–Trinajstić information content (AvgIpc) is 2.56. The number of nitrogens with one attached hydrogen (secondary N) is 2. The molecular weight excluding hydrogens is 280 g/mol. The van der Waals surface area contributed by atoms with Crippen molar-refractivity contribution in [2.24, 2.45) is 0 Å². The van der Waals surface area contributed by atoms with Crippen LogP contribution in [0.4, 0.5) is 0 Å². The summed E-state index contributed by atoms with van der Waals surface area (Å²) in [6, 6.07) is 7.74. The van der Waals surface area contributed by atoms with Crippen LogP contribution >= 0.6 is 0 Å². The van der Waals surface area contributed by atoms with Crippen LogP contribution in [0.3, 0.4) is 0 Å². The summed E-state index contributed by atoms with van der Waals surface area (Å²) in [5, 5.41) is 6.34. The summed E-state index contributed by atoms with van der Waals surface area (Å²) in [7, 11) is 1.62. The number of hydrogen-bond donors (Lipinski definition) is 2. The zero-order valence-electron chi connectivity index (χ0n) is 13.6. The van der Waals surface area contributed by atoms with E-state index in [0.29, 0.717) is 19.4 Å². The largest absolute Gasteiger partial charge is 0.494 e. The van der Waals surface area contributed by atoms with Crippen molar-refractivity contribution < 1.29 is 14.3 Å². The summed E-state index contributed by atoms with van der Waals surface area (Å²) >= 11 is 0. The number of amides is 1. The predicted octanol–water partition coefficient (Wildman–Crippen LogP) is 2.03. The number of piperidine rings is 1. The maximum absolute atomic E-state index is 12.7. The third-order valence-corrected chi connectivity index (χ3v) is 4.23. The molecule has 2 N–H and O–H groups in total. The van der Waals surface area contributed by atoms with Gasteiger partial charge < -0.3 is 20.1 Å². The first-order valence-corrected chi connectivity index (χ1v) is 7.91. The quantitative estimate of drug-likeness (QED) is 0.844. The Labute approximate surface area is 132 Å². The maximum Gasteiger partial charge on any atom is 0.252 e. The van der Waals surface area contributed by atoms with Crippen molar-refractivity contribution in [2.75, 3.05) is 26.8 Å². The van der Waals surface area contributed by atoms with Crippen LogP contribution in [0, 0.1) is 0 Å². The molecule has 1 aliphatic rings. The van der Waals surface area contributed by atoms with Gasteiger partial charge in [-0.05, 0) is 57.5 Å². The van der Waals surface area contributed by atoms with E-state index in [9.17, 15) is 4.79 Å². The van der Waals surface area contributed by atoms with Gasteiger partial charge in [-0.1, -0.05) is 12.1 Å². The Hall–Kier alpha value is -1.59. The van der Waals surface area contributed by atoms with E-state index in [1.54, 1.807) is 7.11 Å². The summed E-state index contributed by atoms with van der Waals surface area (Å²) in [4.78, 5) is 12.7. The van der Waals surface area contributed by atoms with Gasteiger partial charge in [-0.25, -0.2) is 0 Å². The van der Waals surface area contributed by atoms with E-state index in [1.165, 1.54) is 0 Å². The number of methoxy groups -OCH3 is 1. The lowest BCUT2D eigenvalue weighted by molar-refractivity contribution is -0.147. The van der Waals surface area contributed by atoms with Crippen LogP contribution in [0.1, 0.15) is 38.3 Å². The maximum atomic E-state index is 12.7. The van der Waals surface area contributed by atoms with Gasteiger partial charge in [0, 0.05) is 7.11 Å². The second kappa shape index (κ2) is 7.61. The highest BCUT2D eigenvalue weighted by Gasteiger charge is 2.40. The Kier molecular flexibility index (Phi) is 5.80. The Bertz CT molecular complexity index is 498. The van der Waals surface area contributed by atoms with E-state index in [1.807, 2.05) is 38.1 Å². The fourth-order valence-corrected chi connectivity index (χ4v) is 2.81. The molecule has 0 saturated carbocycles. The van der Waals surface area contributed by atoms with Crippen molar-refractivity contribution >= 4 is 5.91 Å². The highest BCUT2D eigenvalue weighted by molar-refractivity contribution is 5.85. The molecule has 1 atom stereocenters. The van der Waals surface area contributed by atoms with E-state index in [0.717, 1.165) is 24.4 Å². The molecule has 5 nitrogen and oxygen atoms in total. The molecule has 1 fully saturated rings. The highest BCUT2D eigenvalue weighted by atomic mass is 16.5. The van der Waals surface area contributed by atoms with Crippen LogP contribution in [0.5, 0.6) is 5.75 Å². The highest BCUT2D eigenvalue weighted by Crippen LogP contribution is 2.25. The summed E-state index contributed by atoms with van der Waals surface area (Å²) in [5.41, 5.74) is 0.316. The van der Waals surface area contributed by atoms with Crippen molar-refractivity contribution in [1.82, 2.24) is 10.6 Å². The molecule has 1 heterocycles. The van der Waals surface area contributed by atoms with Gasteiger partial charge in [0.05, 0.1) is 12.6 Å². The Morgan fingerprint density at radius 1 is 1.41 bits per heavy atom. The van der Waals surface area contributed by atoms with Crippen LogP contribution in [-0.2, 0) is 9.53 Å². The number of hydrogen-bond acceptors (Lipinski definition) is 4. The van der Waals surface area contributed by atoms with Gasteiger partial charge in [0.25, 0.3) is 5.91 Å². The molecule has 1 aliphatic heterocycles. The summed E-state index contributed by atoms with van der Waals surface area (Å²) < 4.78 is 11.1. The number of carbonyl (C=O) groups is 1. The van der Waals surface area contributed by atoms with E-state index in [2.05, 4.69) is 10.6 Å². The van der Waals surface area contributed by atoms with Crippen molar-refractivity contribution in [3.63, 3.8) is 0 Å². The molecule has 2 rings (SSSR count). The average molecular weight is 306 g/mol. The summed E-state index contributed by atoms with van der Waals surface area (Å²) in [6.45, 7) is 6.17. The van der Waals surface area contributed by atoms with Gasteiger partial charge in [-0.15, -0.1) is 0 Å². The Morgan fingerprint density at radius 3 is 2.77 bits per heavy atom. The fourth-order valence-electron chi connectivity index (χ4n) is 2.81. The number of rotatable bonds is 6. The van der Waals surface area contributed by atoms with E-state index in [4.69, 9.17) is 9.47 Å². The lowest BCUT2D eigenvalue weighted by Gasteiger charge is -2.35. The second-order valence-corrected chi connectivity index (χ2v) is 5.65. The van der Waals surface area contributed by atoms with Crippen LogP contribution in [0.25, 0.3) is 0 Å². The zero-order valence-corrected chi connectivity index (χ0v) is 13.6. The molecule has 1 saturated heterocycles. The lowest BCUT2D eigenvalue weighted by atomic mass is 9.90. The molecule has 0 radical (unpaired) electrons. The van der Waals surface area contributed by atoms with Gasteiger partial charge in [0.15, 0.2) is 0 Å². The Morgan fingerprint density at radius 2 is 2.14 bits per heavy atom. The number of benzene rings is 1. The number of carbonyl (C=O) groups excluding carboxylic acids is 1. The molecular formula is C17H26N2O3. The molecule has 122 valence electrons. The van der Waals surface area contributed by atoms with Crippen LogP contribution in [0.15, 0.2) is 24.3 Å². The van der Waals surface area contributed by atoms with Crippen molar-refractivity contribution in [3.8, 4) is 5.75 Å². The van der Waals surface area contributed by atoms with E-state index < -0.39 is 5.60 Å². The standard InChI is InChI=1S/C17H26N2O3/c1-4-22-15-7-5-6-14(12-15)13(2)19-16(20)17(21-3)8-10-18-11-9-17/h5-7,12-13,18H,4,8-11H2,1-3H3,(H,19,20). The first-order chi connectivity index (χ1) is 10.6. The van der Waals surface area contributed by atoms with Crippen molar-refractivity contribution in [2.45, 2.75) is 38.3 Å². The normalized spacial score (nSPS) is 18.5. The summed E-state index contributed by atoms with van der Waals surface area (Å²) in [5.74, 6) is 0.787. The fraction of sp³-hybridized carbons (Fsp3) is 0.588. The first-order valence-electron chi connectivity index (χ1n) is 7.91. The monoisotopic (exact) mass is 306 g/mol. The molecule has 1 amide bonds. The van der Waals surface area contributed by atoms with Gasteiger partial charge >= 0.3 is 0 Å². The minimum atomic E-state index is -0.711.